The van der Waals surface area contributed by atoms with Gasteiger partial charge in [-0.2, -0.15) is 0 Å². The second-order valence-corrected chi connectivity index (χ2v) is 6.73. The summed E-state index contributed by atoms with van der Waals surface area (Å²) < 4.78 is 0. The fourth-order valence-corrected chi connectivity index (χ4v) is 3.53. The Bertz CT molecular complexity index is 470. The highest BCUT2D eigenvalue weighted by atomic mass is 32.1. The molecule has 1 aromatic heterocycles. The van der Waals surface area contributed by atoms with Crippen LogP contribution in [-0.2, 0) is 9.59 Å². The summed E-state index contributed by atoms with van der Waals surface area (Å²) in [5.74, 6) is 0.477. The molecule has 0 bridgehead atoms. The fraction of sp³-hybridized carbons (Fsp3) is 0.600. The topological polar surface area (TPSA) is 49.4 Å². The summed E-state index contributed by atoms with van der Waals surface area (Å²) in [6, 6.07) is 3.85. The molecule has 0 spiro atoms. The minimum absolute atomic E-state index is 0.0662. The molecule has 1 aliphatic heterocycles. The van der Waals surface area contributed by atoms with E-state index in [1.807, 2.05) is 17.5 Å². The maximum atomic E-state index is 12.4. The first-order valence-corrected chi connectivity index (χ1v) is 7.95. The molecule has 1 aromatic rings. The van der Waals surface area contributed by atoms with Gasteiger partial charge in [-0.1, -0.05) is 19.9 Å². The number of carbonyl (C=O) groups excluding carboxylic acids is 2. The number of nitrogens with zero attached hydrogens (tertiary/aromatic N) is 1. The van der Waals surface area contributed by atoms with E-state index in [1.165, 1.54) is 0 Å². The lowest BCUT2D eigenvalue weighted by Crippen LogP contribution is -2.46. The van der Waals surface area contributed by atoms with Crippen LogP contribution in [0, 0.1) is 11.8 Å². The smallest absolute Gasteiger partial charge is 0.225 e. The summed E-state index contributed by atoms with van der Waals surface area (Å²) in [6.45, 7) is 4.84. The lowest BCUT2D eigenvalue weighted by molar-refractivity contribution is -0.141. The Morgan fingerprint density at radius 3 is 2.90 bits per heavy atom. The van der Waals surface area contributed by atoms with Crippen LogP contribution in [0.1, 0.15) is 37.6 Å². The van der Waals surface area contributed by atoms with Crippen molar-refractivity contribution in [3.63, 3.8) is 0 Å². The molecule has 1 N–H and O–H groups in total. The molecule has 2 amide bonds. The molecule has 2 rings (SSSR count). The van der Waals surface area contributed by atoms with Crippen molar-refractivity contribution >= 4 is 23.2 Å². The van der Waals surface area contributed by atoms with Gasteiger partial charge in [0.2, 0.25) is 11.8 Å². The van der Waals surface area contributed by atoms with Gasteiger partial charge in [0.05, 0.1) is 12.0 Å². The number of rotatable bonds is 4. The molecule has 0 aromatic carbocycles. The SMILES string of the molecule is CC(C)CNC(=O)[C@@H]1CCC(=O)N(C)[C@H]1c1cccs1. The van der Waals surface area contributed by atoms with Gasteiger partial charge >= 0.3 is 0 Å². The zero-order valence-corrected chi connectivity index (χ0v) is 13.1. The first-order chi connectivity index (χ1) is 9.50. The third kappa shape index (κ3) is 3.20. The lowest BCUT2D eigenvalue weighted by atomic mass is 9.87. The van der Waals surface area contributed by atoms with Gasteiger partial charge in [-0.15, -0.1) is 11.3 Å². The van der Waals surface area contributed by atoms with Crippen LogP contribution in [0.25, 0.3) is 0 Å². The Hall–Kier alpha value is -1.36. The Kier molecular flexibility index (Phi) is 4.81. The average molecular weight is 294 g/mol. The van der Waals surface area contributed by atoms with Crippen molar-refractivity contribution in [3.8, 4) is 0 Å². The molecule has 0 unspecified atom stereocenters. The van der Waals surface area contributed by atoms with Crippen LogP contribution in [0.5, 0.6) is 0 Å². The minimum Gasteiger partial charge on any atom is -0.356 e. The number of hydrogen-bond acceptors (Lipinski definition) is 3. The second-order valence-electron chi connectivity index (χ2n) is 5.75. The molecule has 4 nitrogen and oxygen atoms in total. The number of piperidine rings is 1. The van der Waals surface area contributed by atoms with Gasteiger partial charge in [0.1, 0.15) is 0 Å². The maximum Gasteiger partial charge on any atom is 0.225 e. The Morgan fingerprint density at radius 2 is 2.30 bits per heavy atom. The molecule has 1 aliphatic rings. The van der Waals surface area contributed by atoms with Gasteiger partial charge in [0, 0.05) is 24.9 Å². The summed E-state index contributed by atoms with van der Waals surface area (Å²) >= 11 is 1.61. The predicted molar refractivity (Wildman–Crippen MR) is 80.4 cm³/mol. The molecule has 2 atom stereocenters. The maximum absolute atomic E-state index is 12.4. The van der Waals surface area contributed by atoms with Gasteiger partial charge in [-0.3, -0.25) is 9.59 Å². The summed E-state index contributed by atoms with van der Waals surface area (Å²) in [7, 11) is 1.80. The Balaban J connectivity index is 2.16. The quantitative estimate of drug-likeness (QED) is 0.927. The van der Waals surface area contributed by atoms with E-state index in [1.54, 1.807) is 23.3 Å². The molecular weight excluding hydrogens is 272 g/mol. The van der Waals surface area contributed by atoms with E-state index >= 15 is 0 Å². The van der Waals surface area contributed by atoms with Crippen molar-refractivity contribution in [2.24, 2.45) is 11.8 Å². The zero-order valence-electron chi connectivity index (χ0n) is 12.3. The molecule has 110 valence electrons. The van der Waals surface area contributed by atoms with Crippen molar-refractivity contribution in [1.29, 1.82) is 0 Å². The summed E-state index contributed by atoms with van der Waals surface area (Å²) in [4.78, 5) is 27.2. The molecule has 0 aliphatic carbocycles. The lowest BCUT2D eigenvalue weighted by Gasteiger charge is -2.37. The van der Waals surface area contributed by atoms with Gasteiger partial charge in [0.25, 0.3) is 0 Å². The van der Waals surface area contributed by atoms with E-state index in [9.17, 15) is 9.59 Å². The van der Waals surface area contributed by atoms with Crippen molar-refractivity contribution in [2.75, 3.05) is 13.6 Å². The Labute approximate surface area is 124 Å². The van der Waals surface area contributed by atoms with Gasteiger partial charge < -0.3 is 10.2 Å². The number of nitrogens with one attached hydrogen (secondary N) is 1. The molecule has 0 saturated carbocycles. The van der Waals surface area contributed by atoms with Crippen LogP contribution >= 0.6 is 11.3 Å². The first kappa shape index (κ1) is 15.0. The van der Waals surface area contributed by atoms with Crippen LogP contribution in [-0.4, -0.2) is 30.3 Å². The molecule has 0 radical (unpaired) electrons. The number of hydrogen-bond donors (Lipinski definition) is 1. The highest BCUT2D eigenvalue weighted by Gasteiger charge is 2.39. The van der Waals surface area contributed by atoms with E-state index in [4.69, 9.17) is 0 Å². The van der Waals surface area contributed by atoms with Crippen molar-refractivity contribution < 1.29 is 9.59 Å². The summed E-state index contributed by atoms with van der Waals surface area (Å²) in [6.07, 6.45) is 1.09. The van der Waals surface area contributed by atoms with E-state index in [0.717, 1.165) is 4.88 Å². The van der Waals surface area contributed by atoms with Crippen LogP contribution < -0.4 is 5.32 Å². The monoisotopic (exact) mass is 294 g/mol. The van der Waals surface area contributed by atoms with E-state index in [-0.39, 0.29) is 23.8 Å². The first-order valence-electron chi connectivity index (χ1n) is 7.07. The number of likely N-dealkylation sites (tertiary alicyclic amines) is 1. The second kappa shape index (κ2) is 6.39. The standard InChI is InChI=1S/C15H22N2O2S/c1-10(2)9-16-15(19)11-6-7-13(18)17(3)14(11)12-5-4-8-20-12/h4-5,8,10-11,14H,6-7,9H2,1-3H3,(H,16,19)/t11-,14-/m1/s1. The average Bonchev–Trinajstić information content (AvgIpc) is 2.92. The number of thiophene rings is 1. The summed E-state index contributed by atoms with van der Waals surface area (Å²) in [5.41, 5.74) is 0. The largest absolute Gasteiger partial charge is 0.356 e. The third-order valence-electron chi connectivity index (χ3n) is 3.72. The molecular formula is C15H22N2O2S. The molecule has 20 heavy (non-hydrogen) atoms. The highest BCUT2D eigenvalue weighted by molar-refractivity contribution is 7.10. The van der Waals surface area contributed by atoms with Crippen LogP contribution in [0.4, 0.5) is 0 Å². The summed E-state index contributed by atoms with van der Waals surface area (Å²) in [5, 5.41) is 5.00. The number of carbonyl (C=O) groups is 2. The van der Waals surface area contributed by atoms with Gasteiger partial charge in [-0.05, 0) is 23.8 Å². The normalized spacial score (nSPS) is 23.2. The highest BCUT2D eigenvalue weighted by Crippen LogP contribution is 2.37. The van der Waals surface area contributed by atoms with Gasteiger partial charge in [0.15, 0.2) is 0 Å². The van der Waals surface area contributed by atoms with Crippen LogP contribution in [0.2, 0.25) is 0 Å². The van der Waals surface area contributed by atoms with Crippen molar-refractivity contribution in [3.05, 3.63) is 22.4 Å². The predicted octanol–water partition coefficient (Wildman–Crippen LogP) is 2.43. The van der Waals surface area contributed by atoms with E-state index < -0.39 is 0 Å². The van der Waals surface area contributed by atoms with Crippen LogP contribution in [0.3, 0.4) is 0 Å². The molecule has 1 fully saturated rings. The molecule has 2 heterocycles. The third-order valence-corrected chi connectivity index (χ3v) is 4.66. The van der Waals surface area contributed by atoms with Crippen molar-refractivity contribution in [1.82, 2.24) is 10.2 Å². The van der Waals surface area contributed by atoms with E-state index in [0.29, 0.717) is 25.3 Å². The van der Waals surface area contributed by atoms with E-state index in [2.05, 4.69) is 19.2 Å². The molecule has 5 heteroatoms. The van der Waals surface area contributed by atoms with Gasteiger partial charge in [-0.25, -0.2) is 0 Å². The minimum atomic E-state index is -0.143. The Morgan fingerprint density at radius 1 is 1.55 bits per heavy atom. The van der Waals surface area contributed by atoms with Crippen LogP contribution in [0.15, 0.2) is 17.5 Å². The zero-order chi connectivity index (χ0) is 14.7. The molecule has 1 saturated heterocycles. The van der Waals surface area contributed by atoms with Crippen molar-refractivity contribution in [2.45, 2.75) is 32.7 Å². The fourth-order valence-electron chi connectivity index (χ4n) is 2.60. The number of amides is 2.